The molecule has 0 fully saturated rings. The van der Waals surface area contributed by atoms with Crippen molar-refractivity contribution < 1.29 is 4.42 Å². The van der Waals surface area contributed by atoms with Crippen LogP contribution in [0.3, 0.4) is 0 Å². The summed E-state index contributed by atoms with van der Waals surface area (Å²) in [6.07, 6.45) is 1.87. The number of oxazole rings is 1. The molecule has 0 atom stereocenters. The van der Waals surface area contributed by atoms with E-state index in [4.69, 9.17) is 4.42 Å². The van der Waals surface area contributed by atoms with Crippen LogP contribution >= 0.6 is 31.9 Å². The van der Waals surface area contributed by atoms with Crippen molar-refractivity contribution in [2.75, 3.05) is 0 Å². The number of aryl methyl sites for hydroxylation is 1. The topological polar surface area (TPSA) is 26.0 Å². The fraction of sp³-hybridized carbons (Fsp3) is 0.0833. The second-order valence-electron chi connectivity index (χ2n) is 3.26. The monoisotopic (exact) mass is 341 g/mol. The lowest BCUT2D eigenvalue weighted by Crippen LogP contribution is -1.77. The molecule has 1 aromatic heterocycles. The van der Waals surface area contributed by atoms with Crippen molar-refractivity contribution in [3.05, 3.63) is 45.2 Å². The van der Waals surface area contributed by atoms with Crippen LogP contribution in [0.1, 0.15) is 11.5 Å². The Balaban J connectivity index is 2.42. The number of nitrogens with zero attached hydrogens (tertiary/aromatic N) is 1. The summed E-state index contributed by atoms with van der Waals surface area (Å²) in [4.78, 5) is 4.42. The van der Waals surface area contributed by atoms with Gasteiger partial charge in [-0.3, -0.25) is 0 Å². The average molecular weight is 343 g/mol. The zero-order valence-electron chi connectivity index (χ0n) is 8.58. The SMILES string of the molecule is Cc1oc(-c2ccccc2)nc1C=C(Br)Br. The van der Waals surface area contributed by atoms with E-state index in [1.54, 1.807) is 0 Å². The number of halogens is 2. The highest BCUT2D eigenvalue weighted by Crippen LogP contribution is 2.25. The third-order valence-electron chi connectivity index (χ3n) is 2.10. The van der Waals surface area contributed by atoms with Crippen LogP contribution in [0.4, 0.5) is 0 Å². The first-order valence-corrected chi connectivity index (χ1v) is 6.31. The van der Waals surface area contributed by atoms with Crippen LogP contribution in [0.15, 0.2) is 38.1 Å². The zero-order chi connectivity index (χ0) is 11.5. The molecule has 0 aliphatic carbocycles. The minimum Gasteiger partial charge on any atom is -0.441 e. The van der Waals surface area contributed by atoms with Gasteiger partial charge in [-0.1, -0.05) is 18.2 Å². The van der Waals surface area contributed by atoms with Gasteiger partial charge in [0.15, 0.2) is 0 Å². The van der Waals surface area contributed by atoms with Gasteiger partial charge in [0.1, 0.15) is 11.5 Å². The summed E-state index contributed by atoms with van der Waals surface area (Å²) >= 11 is 6.61. The third-order valence-corrected chi connectivity index (χ3v) is 2.56. The van der Waals surface area contributed by atoms with E-state index in [2.05, 4.69) is 36.8 Å². The summed E-state index contributed by atoms with van der Waals surface area (Å²) in [5.74, 6) is 1.45. The highest BCUT2D eigenvalue weighted by atomic mass is 79.9. The van der Waals surface area contributed by atoms with Crippen LogP contribution in [0.5, 0.6) is 0 Å². The number of rotatable bonds is 2. The summed E-state index contributed by atoms with van der Waals surface area (Å²) in [6, 6.07) is 9.84. The standard InChI is InChI=1S/C12H9Br2NO/c1-8-10(7-11(13)14)15-12(16-8)9-5-3-2-4-6-9/h2-7H,1H3. The van der Waals surface area contributed by atoms with Crippen molar-refractivity contribution in [3.8, 4) is 11.5 Å². The predicted molar refractivity (Wildman–Crippen MR) is 72.5 cm³/mol. The van der Waals surface area contributed by atoms with E-state index in [9.17, 15) is 0 Å². The van der Waals surface area contributed by atoms with E-state index in [1.165, 1.54) is 0 Å². The molecule has 82 valence electrons. The quantitative estimate of drug-likeness (QED) is 0.787. The van der Waals surface area contributed by atoms with Gasteiger partial charge in [0.25, 0.3) is 0 Å². The molecule has 2 rings (SSSR count). The van der Waals surface area contributed by atoms with Gasteiger partial charge in [-0.2, -0.15) is 0 Å². The molecule has 0 spiro atoms. The van der Waals surface area contributed by atoms with Crippen molar-refractivity contribution in [3.63, 3.8) is 0 Å². The molecule has 0 saturated heterocycles. The van der Waals surface area contributed by atoms with Gasteiger partial charge >= 0.3 is 0 Å². The molecule has 0 aliphatic heterocycles. The second kappa shape index (κ2) is 4.97. The minimum absolute atomic E-state index is 0.644. The van der Waals surface area contributed by atoms with Gasteiger partial charge in [-0.05, 0) is 57.0 Å². The fourth-order valence-corrected chi connectivity index (χ4v) is 1.78. The number of benzene rings is 1. The molecule has 0 N–H and O–H groups in total. The minimum atomic E-state index is 0.644. The van der Waals surface area contributed by atoms with Crippen LogP contribution in [0, 0.1) is 6.92 Å². The van der Waals surface area contributed by atoms with E-state index >= 15 is 0 Å². The lowest BCUT2D eigenvalue weighted by molar-refractivity contribution is 0.542. The molecule has 0 amide bonds. The maximum absolute atomic E-state index is 5.60. The molecule has 0 unspecified atom stereocenters. The smallest absolute Gasteiger partial charge is 0.226 e. The van der Waals surface area contributed by atoms with Crippen molar-refractivity contribution >= 4 is 37.9 Å². The normalized spacial score (nSPS) is 10.2. The van der Waals surface area contributed by atoms with Crippen LogP contribution in [-0.2, 0) is 0 Å². The van der Waals surface area contributed by atoms with Gasteiger partial charge < -0.3 is 4.42 Å². The number of hydrogen-bond donors (Lipinski definition) is 0. The molecule has 2 nitrogen and oxygen atoms in total. The Bertz CT molecular complexity index is 513. The molecule has 2 aromatic rings. The van der Waals surface area contributed by atoms with E-state index in [0.29, 0.717) is 5.89 Å². The van der Waals surface area contributed by atoms with E-state index in [1.807, 2.05) is 43.3 Å². The van der Waals surface area contributed by atoms with Crippen LogP contribution in [-0.4, -0.2) is 4.98 Å². The molecular weight excluding hydrogens is 334 g/mol. The maximum Gasteiger partial charge on any atom is 0.226 e. The lowest BCUT2D eigenvalue weighted by atomic mass is 10.2. The Labute approximate surface area is 111 Å². The summed E-state index contributed by atoms with van der Waals surface area (Å²) in [6.45, 7) is 1.90. The number of aromatic nitrogens is 1. The zero-order valence-corrected chi connectivity index (χ0v) is 11.7. The van der Waals surface area contributed by atoms with Crippen molar-refractivity contribution in [1.82, 2.24) is 4.98 Å². The first kappa shape index (κ1) is 11.6. The van der Waals surface area contributed by atoms with Crippen molar-refractivity contribution in [1.29, 1.82) is 0 Å². The molecule has 1 aromatic carbocycles. The van der Waals surface area contributed by atoms with E-state index < -0.39 is 0 Å². The Morgan fingerprint density at radius 1 is 1.25 bits per heavy atom. The van der Waals surface area contributed by atoms with E-state index in [0.717, 1.165) is 20.4 Å². The van der Waals surface area contributed by atoms with Gasteiger partial charge in [0.05, 0.1) is 3.39 Å². The molecule has 16 heavy (non-hydrogen) atoms. The highest BCUT2D eigenvalue weighted by Gasteiger charge is 2.09. The van der Waals surface area contributed by atoms with E-state index in [-0.39, 0.29) is 0 Å². The Morgan fingerprint density at radius 2 is 1.94 bits per heavy atom. The van der Waals surface area contributed by atoms with Gasteiger partial charge in [0.2, 0.25) is 5.89 Å². The first-order chi connectivity index (χ1) is 7.66. The average Bonchev–Trinajstić information content (AvgIpc) is 2.61. The molecule has 0 bridgehead atoms. The first-order valence-electron chi connectivity index (χ1n) is 4.72. The highest BCUT2D eigenvalue weighted by molar-refractivity contribution is 9.28. The number of hydrogen-bond acceptors (Lipinski definition) is 2. The summed E-state index contributed by atoms with van der Waals surface area (Å²) < 4.78 is 6.45. The molecule has 4 heteroatoms. The van der Waals surface area contributed by atoms with Gasteiger partial charge in [-0.25, -0.2) is 4.98 Å². The van der Waals surface area contributed by atoms with Crippen LogP contribution in [0.2, 0.25) is 0 Å². The predicted octanol–water partition coefficient (Wildman–Crippen LogP) is 4.74. The molecule has 0 aliphatic rings. The van der Waals surface area contributed by atoms with Crippen LogP contribution < -0.4 is 0 Å². The summed E-state index contributed by atoms with van der Waals surface area (Å²) in [5.41, 5.74) is 1.80. The molecule has 1 heterocycles. The third kappa shape index (κ3) is 2.62. The lowest BCUT2D eigenvalue weighted by Gasteiger charge is -1.91. The summed E-state index contributed by atoms with van der Waals surface area (Å²) in [5, 5.41) is 0. The Kier molecular flexibility index (Phi) is 3.61. The molecule has 0 radical (unpaired) electrons. The fourth-order valence-electron chi connectivity index (χ4n) is 1.35. The second-order valence-corrected chi connectivity index (χ2v) is 6.03. The largest absolute Gasteiger partial charge is 0.441 e. The van der Waals surface area contributed by atoms with Crippen molar-refractivity contribution in [2.24, 2.45) is 0 Å². The summed E-state index contributed by atoms with van der Waals surface area (Å²) in [7, 11) is 0. The van der Waals surface area contributed by atoms with Gasteiger partial charge in [-0.15, -0.1) is 0 Å². The Morgan fingerprint density at radius 3 is 2.56 bits per heavy atom. The van der Waals surface area contributed by atoms with Gasteiger partial charge in [0, 0.05) is 5.56 Å². The van der Waals surface area contributed by atoms with Crippen molar-refractivity contribution in [2.45, 2.75) is 6.92 Å². The molecule has 0 saturated carbocycles. The van der Waals surface area contributed by atoms with Crippen LogP contribution in [0.25, 0.3) is 17.5 Å². The maximum atomic E-state index is 5.60. The Hall–Kier alpha value is -0.870. The molecular formula is C12H9Br2NO.